The molecule has 2 aromatic rings. The molecule has 0 aromatic heterocycles. The Morgan fingerprint density at radius 3 is 2.87 bits per heavy atom. The molecule has 0 unspecified atom stereocenters. The number of halogens is 1. The van der Waals surface area contributed by atoms with Crippen LogP contribution < -0.4 is 5.32 Å². The van der Waals surface area contributed by atoms with Crippen LogP contribution in [0.5, 0.6) is 0 Å². The predicted molar refractivity (Wildman–Crippen MR) is 69.3 cm³/mol. The lowest BCUT2D eigenvalue weighted by Crippen LogP contribution is -2.10. The fourth-order valence-electron chi connectivity index (χ4n) is 1.79. The summed E-state index contributed by atoms with van der Waals surface area (Å²) in [6.45, 7) is 1.02. The molecule has 1 nitrogen and oxygen atoms in total. The Morgan fingerprint density at radius 2 is 2.07 bits per heavy atom. The first-order valence-corrected chi connectivity index (χ1v) is 5.92. The SMILES string of the molecule is CNCCc1cccc2ccc(Br)cc12. The first kappa shape index (κ1) is 10.7. The fourth-order valence-corrected chi connectivity index (χ4v) is 2.15. The molecule has 0 saturated heterocycles. The Labute approximate surface area is 98.6 Å². The Bertz CT molecular complexity index is 465. The van der Waals surface area contributed by atoms with Gasteiger partial charge in [0.2, 0.25) is 0 Å². The van der Waals surface area contributed by atoms with Crippen molar-refractivity contribution in [2.24, 2.45) is 0 Å². The van der Waals surface area contributed by atoms with Crippen LogP contribution in [-0.4, -0.2) is 13.6 Å². The average molecular weight is 264 g/mol. The largest absolute Gasteiger partial charge is 0.319 e. The fraction of sp³-hybridized carbons (Fsp3) is 0.231. The molecule has 0 spiro atoms. The molecule has 0 radical (unpaired) electrons. The molecule has 2 rings (SSSR count). The molecule has 2 aromatic carbocycles. The summed E-state index contributed by atoms with van der Waals surface area (Å²) in [7, 11) is 1.99. The van der Waals surface area contributed by atoms with Gasteiger partial charge in [-0.15, -0.1) is 0 Å². The van der Waals surface area contributed by atoms with Gasteiger partial charge in [-0.2, -0.15) is 0 Å². The highest BCUT2D eigenvalue weighted by Crippen LogP contribution is 2.23. The van der Waals surface area contributed by atoms with Crippen LogP contribution in [0.2, 0.25) is 0 Å². The smallest absolute Gasteiger partial charge is 0.0181 e. The molecule has 78 valence electrons. The van der Waals surface area contributed by atoms with Gasteiger partial charge < -0.3 is 5.32 Å². The van der Waals surface area contributed by atoms with E-state index in [1.807, 2.05) is 7.05 Å². The van der Waals surface area contributed by atoms with Gasteiger partial charge in [-0.05, 0) is 48.5 Å². The highest BCUT2D eigenvalue weighted by atomic mass is 79.9. The summed E-state index contributed by atoms with van der Waals surface area (Å²) in [5, 5.41) is 5.84. The van der Waals surface area contributed by atoms with E-state index in [1.54, 1.807) is 0 Å². The lowest BCUT2D eigenvalue weighted by atomic mass is 10.0. The molecule has 1 N–H and O–H groups in total. The minimum absolute atomic E-state index is 1.02. The van der Waals surface area contributed by atoms with Gasteiger partial charge in [-0.3, -0.25) is 0 Å². The number of hydrogen-bond donors (Lipinski definition) is 1. The van der Waals surface area contributed by atoms with Crippen LogP contribution in [0.25, 0.3) is 10.8 Å². The molecular formula is C13H14BrN. The summed E-state index contributed by atoms with van der Waals surface area (Å²) in [5.74, 6) is 0. The van der Waals surface area contributed by atoms with E-state index in [2.05, 4.69) is 57.6 Å². The van der Waals surface area contributed by atoms with E-state index in [4.69, 9.17) is 0 Å². The molecule has 15 heavy (non-hydrogen) atoms. The molecule has 0 fully saturated rings. The van der Waals surface area contributed by atoms with E-state index in [0.717, 1.165) is 17.4 Å². The molecule has 2 heteroatoms. The van der Waals surface area contributed by atoms with Gasteiger partial charge in [0.15, 0.2) is 0 Å². The van der Waals surface area contributed by atoms with Crippen LogP contribution >= 0.6 is 15.9 Å². The van der Waals surface area contributed by atoms with E-state index < -0.39 is 0 Å². The number of hydrogen-bond acceptors (Lipinski definition) is 1. The highest BCUT2D eigenvalue weighted by molar-refractivity contribution is 9.10. The minimum atomic E-state index is 1.02. The topological polar surface area (TPSA) is 12.0 Å². The van der Waals surface area contributed by atoms with E-state index in [9.17, 15) is 0 Å². The van der Waals surface area contributed by atoms with Gasteiger partial charge >= 0.3 is 0 Å². The number of fused-ring (bicyclic) bond motifs is 1. The predicted octanol–water partition coefficient (Wildman–Crippen LogP) is 3.36. The first-order valence-electron chi connectivity index (χ1n) is 5.13. The van der Waals surface area contributed by atoms with Crippen LogP contribution in [0, 0.1) is 0 Å². The van der Waals surface area contributed by atoms with E-state index in [-0.39, 0.29) is 0 Å². The molecule has 0 aliphatic carbocycles. The van der Waals surface area contributed by atoms with Crippen molar-refractivity contribution in [1.29, 1.82) is 0 Å². The summed E-state index contributed by atoms with van der Waals surface area (Å²) >= 11 is 3.52. The third-order valence-electron chi connectivity index (χ3n) is 2.58. The normalized spacial score (nSPS) is 10.8. The molecule has 0 heterocycles. The van der Waals surface area contributed by atoms with Crippen LogP contribution in [0.1, 0.15) is 5.56 Å². The van der Waals surface area contributed by atoms with Gasteiger partial charge in [-0.1, -0.05) is 40.2 Å². The molecular weight excluding hydrogens is 250 g/mol. The summed E-state index contributed by atoms with van der Waals surface area (Å²) in [4.78, 5) is 0. The minimum Gasteiger partial charge on any atom is -0.319 e. The zero-order chi connectivity index (χ0) is 10.7. The van der Waals surface area contributed by atoms with Crippen LogP contribution in [-0.2, 0) is 6.42 Å². The van der Waals surface area contributed by atoms with Gasteiger partial charge in [-0.25, -0.2) is 0 Å². The van der Waals surface area contributed by atoms with Gasteiger partial charge in [0.1, 0.15) is 0 Å². The number of benzene rings is 2. The molecule has 0 aliphatic heterocycles. The van der Waals surface area contributed by atoms with Crippen molar-refractivity contribution in [1.82, 2.24) is 5.32 Å². The lowest BCUT2D eigenvalue weighted by Gasteiger charge is -2.06. The Balaban J connectivity index is 2.48. The maximum atomic E-state index is 3.52. The Morgan fingerprint density at radius 1 is 1.20 bits per heavy atom. The molecule has 0 saturated carbocycles. The zero-order valence-electron chi connectivity index (χ0n) is 8.76. The standard InChI is InChI=1S/C13H14BrN/c1-15-8-7-11-4-2-3-10-5-6-12(14)9-13(10)11/h2-6,9,15H,7-8H2,1H3. The van der Waals surface area contributed by atoms with E-state index in [0.29, 0.717) is 0 Å². The molecule has 0 amide bonds. The summed E-state index contributed by atoms with van der Waals surface area (Å²) in [6, 6.07) is 12.9. The zero-order valence-corrected chi connectivity index (χ0v) is 10.3. The third-order valence-corrected chi connectivity index (χ3v) is 3.07. The van der Waals surface area contributed by atoms with Crippen molar-refractivity contribution >= 4 is 26.7 Å². The number of rotatable bonds is 3. The van der Waals surface area contributed by atoms with Crippen molar-refractivity contribution in [3.63, 3.8) is 0 Å². The Hall–Kier alpha value is -0.860. The second-order valence-corrected chi connectivity index (χ2v) is 4.55. The number of nitrogens with one attached hydrogen (secondary N) is 1. The van der Waals surface area contributed by atoms with Crippen molar-refractivity contribution in [3.05, 3.63) is 46.4 Å². The quantitative estimate of drug-likeness (QED) is 0.896. The summed E-state index contributed by atoms with van der Waals surface area (Å²) < 4.78 is 1.15. The van der Waals surface area contributed by atoms with Crippen molar-refractivity contribution in [3.8, 4) is 0 Å². The van der Waals surface area contributed by atoms with Gasteiger partial charge in [0.05, 0.1) is 0 Å². The maximum Gasteiger partial charge on any atom is 0.0181 e. The maximum absolute atomic E-state index is 3.52. The van der Waals surface area contributed by atoms with Crippen LogP contribution in [0.15, 0.2) is 40.9 Å². The average Bonchev–Trinajstić information content (AvgIpc) is 2.26. The lowest BCUT2D eigenvalue weighted by molar-refractivity contribution is 0.795. The second-order valence-electron chi connectivity index (χ2n) is 3.64. The summed E-state index contributed by atoms with van der Waals surface area (Å²) in [5.41, 5.74) is 1.41. The monoisotopic (exact) mass is 263 g/mol. The van der Waals surface area contributed by atoms with Crippen molar-refractivity contribution < 1.29 is 0 Å². The Kier molecular flexibility index (Phi) is 3.39. The van der Waals surface area contributed by atoms with Crippen LogP contribution in [0.3, 0.4) is 0 Å². The molecule has 0 atom stereocenters. The van der Waals surface area contributed by atoms with E-state index >= 15 is 0 Å². The molecule has 0 bridgehead atoms. The van der Waals surface area contributed by atoms with Crippen molar-refractivity contribution in [2.45, 2.75) is 6.42 Å². The number of likely N-dealkylation sites (N-methyl/N-ethyl adjacent to an activating group) is 1. The van der Waals surface area contributed by atoms with E-state index in [1.165, 1.54) is 16.3 Å². The van der Waals surface area contributed by atoms with Crippen molar-refractivity contribution in [2.75, 3.05) is 13.6 Å². The third kappa shape index (κ3) is 2.39. The summed E-state index contributed by atoms with van der Waals surface area (Å²) in [6.07, 6.45) is 1.07. The highest BCUT2D eigenvalue weighted by Gasteiger charge is 2.00. The van der Waals surface area contributed by atoms with Crippen LogP contribution in [0.4, 0.5) is 0 Å². The van der Waals surface area contributed by atoms with Gasteiger partial charge in [0, 0.05) is 4.47 Å². The second kappa shape index (κ2) is 4.77. The molecule has 0 aliphatic rings. The van der Waals surface area contributed by atoms with Gasteiger partial charge in [0.25, 0.3) is 0 Å². The first-order chi connectivity index (χ1) is 7.31.